The van der Waals surface area contributed by atoms with Gasteiger partial charge in [-0.25, -0.2) is 4.57 Å². The maximum absolute atomic E-state index is 10.3. The number of nitriles is 1. The highest BCUT2D eigenvalue weighted by Crippen LogP contribution is 2.39. The molecular weight excluding hydrogens is 490 g/mol. The second-order valence-electron chi connectivity index (χ2n) is 11.3. The monoisotopic (exact) mass is 524 g/mol. The summed E-state index contributed by atoms with van der Waals surface area (Å²) in [6, 6.07) is 30.1. The largest absolute Gasteiger partial charge is 0.463 e. The van der Waals surface area contributed by atoms with Crippen molar-refractivity contribution in [3.8, 4) is 34.3 Å². The number of rotatable bonds is 5. The summed E-state index contributed by atoms with van der Waals surface area (Å²) in [7, 11) is 2.10. The molecule has 0 saturated heterocycles. The first-order valence-corrected chi connectivity index (χ1v) is 14.0. The Hall–Kier alpha value is -4.62. The van der Waals surface area contributed by atoms with Crippen LogP contribution < -0.4 is 4.57 Å². The fourth-order valence-corrected chi connectivity index (χ4v) is 6.02. The highest BCUT2D eigenvalue weighted by molar-refractivity contribution is 5.94. The fraction of sp³-hybridized carbons (Fsp3) is 0.222. The Morgan fingerprint density at radius 3 is 2.17 bits per heavy atom. The lowest BCUT2D eigenvalue weighted by atomic mass is 9.88. The minimum absolute atomic E-state index is 0.251. The smallest absolute Gasteiger partial charge is 0.299 e. The maximum Gasteiger partial charge on any atom is 0.299 e. The van der Waals surface area contributed by atoms with E-state index in [9.17, 15) is 5.26 Å². The van der Waals surface area contributed by atoms with Crippen LogP contribution in [0.1, 0.15) is 61.8 Å². The van der Waals surface area contributed by atoms with Gasteiger partial charge in [-0.05, 0) is 65.8 Å². The van der Waals surface area contributed by atoms with Gasteiger partial charge in [0, 0.05) is 16.5 Å². The Bertz CT molecular complexity index is 1900. The first kappa shape index (κ1) is 25.6. The summed E-state index contributed by atoms with van der Waals surface area (Å²) >= 11 is 0. The molecule has 2 heterocycles. The molecule has 0 radical (unpaired) electrons. The standard InChI is InChI=1S/C36H34N3O/c1-22(2)29-19-28(25-11-8-7-9-12-25)20-30(23(3)4)34(29)39-33-27(21-37)13-10-14-31(33)38(6)36(39)32-24(5)15-16-26-17-18-40-35(26)32/h7-20,22-23H,1-6H3/q+1. The van der Waals surface area contributed by atoms with Crippen LogP contribution in [0.15, 0.2) is 89.5 Å². The number of benzene rings is 4. The van der Waals surface area contributed by atoms with Crippen molar-refractivity contribution in [3.63, 3.8) is 0 Å². The van der Waals surface area contributed by atoms with Gasteiger partial charge in [-0.2, -0.15) is 9.83 Å². The van der Waals surface area contributed by atoms with Gasteiger partial charge >= 0.3 is 0 Å². The minimum atomic E-state index is 0.251. The summed E-state index contributed by atoms with van der Waals surface area (Å²) in [6.07, 6.45) is 1.76. The molecule has 0 aliphatic rings. The minimum Gasteiger partial charge on any atom is -0.463 e. The molecule has 4 nitrogen and oxygen atoms in total. The lowest BCUT2D eigenvalue weighted by molar-refractivity contribution is -0.557. The van der Waals surface area contributed by atoms with Crippen molar-refractivity contribution in [1.82, 2.24) is 4.57 Å². The van der Waals surface area contributed by atoms with Crippen LogP contribution in [0.3, 0.4) is 0 Å². The van der Waals surface area contributed by atoms with Crippen molar-refractivity contribution >= 4 is 22.0 Å². The zero-order valence-corrected chi connectivity index (χ0v) is 24.0. The third-order valence-corrected chi connectivity index (χ3v) is 8.05. The molecule has 0 aliphatic carbocycles. The van der Waals surface area contributed by atoms with E-state index < -0.39 is 0 Å². The SMILES string of the molecule is Cc1ccc2ccoc2c1-c1n(C)c2cccc(C#N)c2[n+]1-c1c(C(C)C)cc(-c2ccccc2)cc1C(C)C. The van der Waals surface area contributed by atoms with E-state index in [0.717, 1.165) is 44.6 Å². The second kappa shape index (κ2) is 9.84. The van der Waals surface area contributed by atoms with Crippen LogP contribution in [0, 0.1) is 18.3 Å². The predicted octanol–water partition coefficient (Wildman–Crippen LogP) is 8.96. The molecule has 0 fully saturated rings. The van der Waals surface area contributed by atoms with Gasteiger partial charge in [0.15, 0.2) is 11.0 Å². The van der Waals surface area contributed by atoms with Crippen LogP contribution in [-0.2, 0) is 7.05 Å². The number of aryl methyl sites for hydroxylation is 2. The Labute approximate surface area is 235 Å². The molecule has 0 saturated carbocycles. The Morgan fingerprint density at radius 1 is 0.825 bits per heavy atom. The Kier molecular flexibility index (Phi) is 6.31. The van der Waals surface area contributed by atoms with E-state index in [1.165, 1.54) is 22.3 Å². The van der Waals surface area contributed by atoms with Crippen molar-refractivity contribution < 1.29 is 8.98 Å². The van der Waals surface area contributed by atoms with Gasteiger partial charge in [0.2, 0.25) is 0 Å². The molecule has 4 aromatic carbocycles. The molecule has 0 amide bonds. The predicted molar refractivity (Wildman–Crippen MR) is 163 cm³/mol. The molecule has 198 valence electrons. The number of furan rings is 1. The van der Waals surface area contributed by atoms with Gasteiger partial charge in [0.05, 0.1) is 13.3 Å². The average Bonchev–Trinajstić information content (AvgIpc) is 3.55. The lowest BCUT2D eigenvalue weighted by Crippen LogP contribution is -2.37. The van der Waals surface area contributed by atoms with Crippen molar-refractivity contribution in [3.05, 3.63) is 107 Å². The van der Waals surface area contributed by atoms with Gasteiger partial charge in [-0.3, -0.25) is 0 Å². The van der Waals surface area contributed by atoms with Crippen molar-refractivity contribution in [2.24, 2.45) is 7.05 Å². The molecule has 0 atom stereocenters. The molecule has 0 unspecified atom stereocenters. The van der Waals surface area contributed by atoms with Gasteiger partial charge in [0.1, 0.15) is 28.5 Å². The number of aromatic nitrogens is 2. The summed E-state index contributed by atoms with van der Waals surface area (Å²) in [5.74, 6) is 1.51. The van der Waals surface area contributed by atoms with Crippen LogP contribution in [-0.4, -0.2) is 4.57 Å². The van der Waals surface area contributed by atoms with Gasteiger partial charge < -0.3 is 4.42 Å². The fourth-order valence-electron chi connectivity index (χ4n) is 6.02. The van der Waals surface area contributed by atoms with Crippen LogP contribution in [0.25, 0.3) is 50.2 Å². The number of hydrogen-bond donors (Lipinski definition) is 0. The molecule has 0 N–H and O–H groups in total. The van der Waals surface area contributed by atoms with E-state index in [-0.39, 0.29) is 11.8 Å². The number of para-hydroxylation sites is 1. The topological polar surface area (TPSA) is 45.7 Å². The van der Waals surface area contributed by atoms with Gasteiger partial charge in [0.25, 0.3) is 5.82 Å². The van der Waals surface area contributed by atoms with E-state index in [1.54, 1.807) is 6.26 Å². The van der Waals surface area contributed by atoms with E-state index >= 15 is 0 Å². The van der Waals surface area contributed by atoms with E-state index in [4.69, 9.17) is 4.42 Å². The zero-order valence-electron chi connectivity index (χ0n) is 24.0. The molecule has 6 aromatic rings. The Morgan fingerprint density at radius 2 is 1.52 bits per heavy atom. The maximum atomic E-state index is 10.3. The molecule has 6 rings (SSSR count). The molecule has 0 aliphatic heterocycles. The molecule has 0 spiro atoms. The summed E-state index contributed by atoms with van der Waals surface area (Å²) in [5, 5.41) is 11.4. The normalized spacial score (nSPS) is 11.7. The summed E-state index contributed by atoms with van der Waals surface area (Å²) in [5.41, 5.74) is 11.7. The van der Waals surface area contributed by atoms with Gasteiger partial charge in [-0.15, -0.1) is 0 Å². The molecule has 4 heteroatoms. The average molecular weight is 525 g/mol. The number of imidazole rings is 1. The third-order valence-electron chi connectivity index (χ3n) is 8.05. The lowest BCUT2D eigenvalue weighted by Gasteiger charge is -2.21. The van der Waals surface area contributed by atoms with Crippen LogP contribution in [0.5, 0.6) is 0 Å². The third kappa shape index (κ3) is 3.93. The van der Waals surface area contributed by atoms with Crippen LogP contribution in [0.2, 0.25) is 0 Å². The summed E-state index contributed by atoms with van der Waals surface area (Å²) in [4.78, 5) is 0. The Balaban J connectivity index is 1.84. The highest BCUT2D eigenvalue weighted by atomic mass is 16.3. The van der Waals surface area contributed by atoms with Crippen LogP contribution in [0.4, 0.5) is 0 Å². The molecule has 40 heavy (non-hydrogen) atoms. The van der Waals surface area contributed by atoms with Crippen molar-refractivity contribution in [2.75, 3.05) is 0 Å². The summed E-state index contributed by atoms with van der Waals surface area (Å²) in [6.45, 7) is 11.2. The van der Waals surface area contributed by atoms with E-state index in [1.807, 2.05) is 18.2 Å². The first-order chi connectivity index (χ1) is 19.3. The van der Waals surface area contributed by atoms with E-state index in [0.29, 0.717) is 5.56 Å². The highest BCUT2D eigenvalue weighted by Gasteiger charge is 2.34. The summed E-state index contributed by atoms with van der Waals surface area (Å²) < 4.78 is 10.7. The zero-order chi connectivity index (χ0) is 28.1. The number of fused-ring (bicyclic) bond motifs is 2. The number of hydrogen-bond acceptors (Lipinski definition) is 2. The van der Waals surface area contributed by atoms with Gasteiger partial charge in [-0.1, -0.05) is 76.2 Å². The van der Waals surface area contributed by atoms with E-state index in [2.05, 4.69) is 118 Å². The van der Waals surface area contributed by atoms with Crippen molar-refractivity contribution in [1.29, 1.82) is 5.26 Å². The van der Waals surface area contributed by atoms with Crippen molar-refractivity contribution in [2.45, 2.75) is 46.5 Å². The molecular formula is C36H34N3O+. The molecule has 0 bridgehead atoms. The van der Waals surface area contributed by atoms with Crippen LogP contribution >= 0.6 is 0 Å². The quantitative estimate of drug-likeness (QED) is 0.211. The molecule has 2 aromatic heterocycles. The first-order valence-electron chi connectivity index (χ1n) is 14.0. The number of nitrogens with zero attached hydrogens (tertiary/aromatic N) is 3. The second-order valence-corrected chi connectivity index (χ2v) is 11.3.